The molecule has 0 aromatic carbocycles. The maximum absolute atomic E-state index is 12.0. The van der Waals surface area contributed by atoms with Crippen molar-refractivity contribution in [3.63, 3.8) is 0 Å². The Kier molecular flexibility index (Phi) is 6.93. The second kappa shape index (κ2) is 7.94. The molecule has 0 aromatic heterocycles. The Balaban J connectivity index is 2.34. The van der Waals surface area contributed by atoms with E-state index in [9.17, 15) is 18.0 Å². The average molecular weight is 302 g/mol. The van der Waals surface area contributed by atoms with Crippen LogP contribution in [0.1, 0.15) is 32.1 Å². The van der Waals surface area contributed by atoms with Gasteiger partial charge in [-0.25, -0.2) is 0 Å². The Bertz CT molecular complexity index is 287. The summed E-state index contributed by atoms with van der Waals surface area (Å²) >= 11 is 5.84. The zero-order valence-corrected chi connectivity index (χ0v) is 11.5. The summed E-state index contributed by atoms with van der Waals surface area (Å²) in [5.74, 6) is 0.199. The molecule has 0 spiro atoms. The number of halogens is 4. The monoisotopic (exact) mass is 301 g/mol. The van der Waals surface area contributed by atoms with Crippen molar-refractivity contribution in [3.8, 4) is 0 Å². The molecule has 1 aliphatic heterocycles. The molecule has 0 N–H and O–H groups in total. The first kappa shape index (κ1) is 16.6. The van der Waals surface area contributed by atoms with Gasteiger partial charge in [0.25, 0.3) is 0 Å². The molecule has 7 heteroatoms. The predicted molar refractivity (Wildman–Crippen MR) is 66.2 cm³/mol. The summed E-state index contributed by atoms with van der Waals surface area (Å²) in [5.41, 5.74) is 0. The second-order valence-electron chi connectivity index (χ2n) is 4.66. The molecule has 0 radical (unpaired) electrons. The average Bonchev–Trinajstić information content (AvgIpc) is 2.58. The smallest absolute Gasteiger partial charge is 0.372 e. The lowest BCUT2D eigenvalue weighted by Gasteiger charge is -2.28. The van der Waals surface area contributed by atoms with Gasteiger partial charge < -0.3 is 9.64 Å². The molecule has 112 valence electrons. The van der Waals surface area contributed by atoms with Crippen LogP contribution in [-0.2, 0) is 9.53 Å². The Morgan fingerprint density at radius 2 is 2.05 bits per heavy atom. The van der Waals surface area contributed by atoms with Crippen LogP contribution in [0.15, 0.2) is 0 Å². The zero-order valence-electron chi connectivity index (χ0n) is 10.7. The van der Waals surface area contributed by atoms with E-state index in [1.807, 2.05) is 0 Å². The molecule has 1 unspecified atom stereocenters. The number of nitrogens with zero attached hydrogens (tertiary/aromatic N) is 1. The van der Waals surface area contributed by atoms with Gasteiger partial charge in [0.1, 0.15) is 6.61 Å². The van der Waals surface area contributed by atoms with E-state index in [0.29, 0.717) is 12.4 Å². The summed E-state index contributed by atoms with van der Waals surface area (Å²) in [4.78, 5) is 13.6. The van der Waals surface area contributed by atoms with Crippen LogP contribution < -0.4 is 0 Å². The van der Waals surface area contributed by atoms with Crippen molar-refractivity contribution in [2.24, 2.45) is 0 Å². The molecular formula is C12H19ClF3NO2. The van der Waals surface area contributed by atoms with E-state index < -0.39 is 12.8 Å². The number of rotatable bonds is 5. The molecule has 0 saturated carbocycles. The second-order valence-corrected chi connectivity index (χ2v) is 4.97. The molecule has 1 saturated heterocycles. The van der Waals surface area contributed by atoms with Crippen molar-refractivity contribution >= 4 is 17.5 Å². The van der Waals surface area contributed by atoms with Gasteiger partial charge in [0.15, 0.2) is 0 Å². The first-order valence-electron chi connectivity index (χ1n) is 6.44. The van der Waals surface area contributed by atoms with Crippen LogP contribution in [0.4, 0.5) is 13.2 Å². The fourth-order valence-electron chi connectivity index (χ4n) is 2.16. The molecule has 1 fully saturated rings. The SMILES string of the molecule is O=C(CCOCC(F)(F)F)N1CCCCCC1CCl. The molecule has 0 aliphatic carbocycles. The van der Waals surface area contributed by atoms with Crippen LogP contribution in [0.25, 0.3) is 0 Å². The third-order valence-corrected chi connectivity index (χ3v) is 3.46. The highest BCUT2D eigenvalue weighted by Crippen LogP contribution is 2.19. The number of likely N-dealkylation sites (tertiary alicyclic amines) is 1. The van der Waals surface area contributed by atoms with Crippen LogP contribution in [0.2, 0.25) is 0 Å². The van der Waals surface area contributed by atoms with E-state index in [0.717, 1.165) is 25.7 Å². The van der Waals surface area contributed by atoms with Gasteiger partial charge in [-0.3, -0.25) is 4.79 Å². The van der Waals surface area contributed by atoms with Crippen LogP contribution in [0.3, 0.4) is 0 Å². The Labute approximate surface area is 116 Å². The predicted octanol–water partition coefficient (Wildman–Crippen LogP) is 2.97. The summed E-state index contributed by atoms with van der Waals surface area (Å²) in [6.07, 6.45) is -0.498. The van der Waals surface area contributed by atoms with E-state index in [1.54, 1.807) is 4.90 Å². The van der Waals surface area contributed by atoms with E-state index in [1.165, 1.54) is 0 Å². The maximum atomic E-state index is 12.0. The fraction of sp³-hybridized carbons (Fsp3) is 0.917. The van der Waals surface area contributed by atoms with E-state index in [4.69, 9.17) is 11.6 Å². The molecule has 1 heterocycles. The summed E-state index contributed by atoms with van der Waals surface area (Å²) < 4.78 is 40.1. The summed E-state index contributed by atoms with van der Waals surface area (Å²) in [6, 6.07) is -0.000664. The number of carbonyl (C=O) groups is 1. The van der Waals surface area contributed by atoms with E-state index in [-0.39, 0.29) is 25.0 Å². The molecule has 19 heavy (non-hydrogen) atoms. The van der Waals surface area contributed by atoms with Gasteiger partial charge >= 0.3 is 6.18 Å². The number of amides is 1. The minimum Gasteiger partial charge on any atom is -0.372 e. The minimum atomic E-state index is -4.34. The molecular weight excluding hydrogens is 283 g/mol. The van der Waals surface area contributed by atoms with Crippen LogP contribution in [-0.4, -0.2) is 48.7 Å². The van der Waals surface area contributed by atoms with Crippen LogP contribution in [0.5, 0.6) is 0 Å². The normalized spacial score (nSPS) is 21.3. The van der Waals surface area contributed by atoms with Gasteiger partial charge in [0, 0.05) is 18.5 Å². The molecule has 0 aromatic rings. The van der Waals surface area contributed by atoms with Crippen molar-refractivity contribution < 1.29 is 22.7 Å². The summed E-state index contributed by atoms with van der Waals surface area (Å²) in [6.45, 7) is -0.876. The first-order chi connectivity index (χ1) is 8.94. The lowest BCUT2D eigenvalue weighted by Crippen LogP contribution is -2.41. The standard InChI is InChI=1S/C12H19ClF3NO2/c13-8-10-4-2-1-3-6-17(10)11(18)5-7-19-9-12(14,15)16/h10H,1-9H2. The maximum Gasteiger partial charge on any atom is 0.411 e. The lowest BCUT2D eigenvalue weighted by atomic mass is 10.1. The molecule has 1 atom stereocenters. The molecule has 3 nitrogen and oxygen atoms in total. The molecule has 0 bridgehead atoms. The van der Waals surface area contributed by atoms with Gasteiger partial charge in [-0.1, -0.05) is 12.8 Å². The third-order valence-electron chi connectivity index (χ3n) is 3.10. The van der Waals surface area contributed by atoms with Crippen molar-refractivity contribution in [3.05, 3.63) is 0 Å². The number of alkyl halides is 4. The van der Waals surface area contributed by atoms with Gasteiger partial charge in [0.2, 0.25) is 5.91 Å². The lowest BCUT2D eigenvalue weighted by molar-refractivity contribution is -0.175. The van der Waals surface area contributed by atoms with Gasteiger partial charge in [-0.05, 0) is 12.8 Å². The van der Waals surface area contributed by atoms with E-state index in [2.05, 4.69) is 4.74 Å². The Morgan fingerprint density at radius 3 is 2.68 bits per heavy atom. The highest BCUT2D eigenvalue weighted by molar-refractivity contribution is 6.18. The van der Waals surface area contributed by atoms with Gasteiger partial charge in [-0.15, -0.1) is 11.6 Å². The number of carbonyl (C=O) groups excluding carboxylic acids is 1. The molecule has 1 aliphatic rings. The highest BCUT2D eigenvalue weighted by Gasteiger charge is 2.28. The fourth-order valence-corrected chi connectivity index (χ4v) is 2.48. The minimum absolute atomic E-state index is 0.000664. The number of hydrogen-bond acceptors (Lipinski definition) is 2. The van der Waals surface area contributed by atoms with Crippen molar-refractivity contribution in [2.75, 3.05) is 25.6 Å². The summed E-state index contributed by atoms with van der Waals surface area (Å²) in [7, 11) is 0. The number of hydrogen-bond donors (Lipinski definition) is 0. The van der Waals surface area contributed by atoms with E-state index >= 15 is 0 Å². The largest absolute Gasteiger partial charge is 0.411 e. The molecule has 1 rings (SSSR count). The Morgan fingerprint density at radius 1 is 1.32 bits per heavy atom. The Hall–Kier alpha value is -0.490. The quantitative estimate of drug-likeness (QED) is 0.577. The number of ether oxygens (including phenoxy) is 1. The molecule has 1 amide bonds. The topological polar surface area (TPSA) is 29.5 Å². The third kappa shape index (κ3) is 6.47. The zero-order chi connectivity index (χ0) is 14.3. The van der Waals surface area contributed by atoms with Crippen molar-refractivity contribution in [1.82, 2.24) is 4.90 Å². The first-order valence-corrected chi connectivity index (χ1v) is 6.97. The van der Waals surface area contributed by atoms with Gasteiger partial charge in [0.05, 0.1) is 13.0 Å². The highest BCUT2D eigenvalue weighted by atomic mass is 35.5. The van der Waals surface area contributed by atoms with Crippen molar-refractivity contribution in [2.45, 2.75) is 44.3 Å². The van der Waals surface area contributed by atoms with Crippen LogP contribution in [0, 0.1) is 0 Å². The van der Waals surface area contributed by atoms with Crippen molar-refractivity contribution in [1.29, 1.82) is 0 Å². The van der Waals surface area contributed by atoms with Gasteiger partial charge in [-0.2, -0.15) is 13.2 Å². The van der Waals surface area contributed by atoms with Crippen LogP contribution >= 0.6 is 11.6 Å². The summed E-state index contributed by atoms with van der Waals surface area (Å²) in [5, 5.41) is 0.